The first-order valence-corrected chi connectivity index (χ1v) is 13.2. The van der Waals surface area contributed by atoms with Crippen molar-refractivity contribution in [3.8, 4) is 5.75 Å². The summed E-state index contributed by atoms with van der Waals surface area (Å²) in [4.78, 5) is 32.7. The monoisotopic (exact) mass is 516 g/mol. The molecule has 4 aromatic rings. The Morgan fingerprint density at radius 2 is 1.86 bits per heavy atom. The number of allylic oxidation sites excluding steroid dienone is 1. The Morgan fingerprint density at radius 3 is 2.56 bits per heavy atom. The van der Waals surface area contributed by atoms with Crippen LogP contribution in [0.3, 0.4) is 0 Å². The van der Waals surface area contributed by atoms with E-state index >= 15 is 0 Å². The number of ether oxygens (including phenoxy) is 2. The van der Waals surface area contributed by atoms with E-state index in [2.05, 4.69) is 4.99 Å². The number of carbonyl (C=O) groups excluding carboxylic acids is 1. The van der Waals surface area contributed by atoms with E-state index in [1.807, 2.05) is 78.2 Å². The minimum Gasteiger partial charge on any atom is -0.489 e. The fourth-order valence-electron chi connectivity index (χ4n) is 4.10. The Hall–Kier alpha value is -3.75. The molecule has 2 aromatic heterocycles. The van der Waals surface area contributed by atoms with Gasteiger partial charge in [0.15, 0.2) is 4.80 Å². The Morgan fingerprint density at radius 1 is 1.08 bits per heavy atom. The molecule has 0 spiro atoms. The minimum atomic E-state index is -0.644. The number of esters is 1. The van der Waals surface area contributed by atoms with Gasteiger partial charge in [0.1, 0.15) is 12.4 Å². The molecule has 0 aliphatic carbocycles. The van der Waals surface area contributed by atoms with E-state index in [1.54, 1.807) is 29.8 Å². The SMILES string of the molecule is CCOC(=O)C1=C(C)N=c2s/c(=C\c3cccs3)c(=O)n2C1c1ccc(OCc2ccccc2)cc1. The van der Waals surface area contributed by atoms with Crippen LogP contribution in [0, 0.1) is 0 Å². The molecule has 0 radical (unpaired) electrons. The first-order chi connectivity index (χ1) is 17.5. The highest BCUT2D eigenvalue weighted by Gasteiger charge is 2.33. The van der Waals surface area contributed by atoms with Gasteiger partial charge in [0.2, 0.25) is 0 Å². The Balaban J connectivity index is 1.55. The lowest BCUT2D eigenvalue weighted by Gasteiger charge is -2.24. The van der Waals surface area contributed by atoms with Gasteiger partial charge in [0.05, 0.1) is 28.5 Å². The van der Waals surface area contributed by atoms with Gasteiger partial charge in [0.25, 0.3) is 5.56 Å². The van der Waals surface area contributed by atoms with E-state index in [9.17, 15) is 9.59 Å². The van der Waals surface area contributed by atoms with Gasteiger partial charge in [-0.25, -0.2) is 9.79 Å². The molecule has 0 saturated carbocycles. The molecule has 1 unspecified atom stereocenters. The molecule has 36 heavy (non-hydrogen) atoms. The number of carbonyl (C=O) groups is 1. The van der Waals surface area contributed by atoms with Crippen LogP contribution in [0.4, 0.5) is 0 Å². The Labute approximate surface area is 216 Å². The molecule has 0 N–H and O–H groups in total. The summed E-state index contributed by atoms with van der Waals surface area (Å²) in [7, 11) is 0. The van der Waals surface area contributed by atoms with Gasteiger partial charge in [-0.15, -0.1) is 11.3 Å². The zero-order valence-electron chi connectivity index (χ0n) is 19.8. The Bertz CT molecular complexity index is 1580. The van der Waals surface area contributed by atoms with Gasteiger partial charge in [-0.3, -0.25) is 9.36 Å². The van der Waals surface area contributed by atoms with Crippen molar-refractivity contribution in [1.82, 2.24) is 4.57 Å². The predicted octanol–water partition coefficient (Wildman–Crippen LogP) is 4.44. The van der Waals surface area contributed by atoms with Crippen LogP contribution < -0.4 is 19.6 Å². The van der Waals surface area contributed by atoms with Gasteiger partial charge in [0, 0.05) is 4.88 Å². The van der Waals surface area contributed by atoms with Crippen LogP contribution in [0.5, 0.6) is 5.75 Å². The highest BCUT2D eigenvalue weighted by molar-refractivity contribution is 7.11. The summed E-state index contributed by atoms with van der Waals surface area (Å²) in [6.07, 6.45) is 1.87. The molecule has 6 nitrogen and oxygen atoms in total. The highest BCUT2D eigenvalue weighted by Crippen LogP contribution is 2.31. The molecule has 0 amide bonds. The maximum atomic E-state index is 13.6. The van der Waals surface area contributed by atoms with Crippen LogP contribution in [0.2, 0.25) is 0 Å². The molecule has 2 aromatic carbocycles. The van der Waals surface area contributed by atoms with Crippen LogP contribution in [-0.4, -0.2) is 17.1 Å². The second-order valence-electron chi connectivity index (χ2n) is 8.16. The zero-order chi connectivity index (χ0) is 25.1. The van der Waals surface area contributed by atoms with E-state index in [4.69, 9.17) is 9.47 Å². The van der Waals surface area contributed by atoms with E-state index in [0.29, 0.717) is 33.0 Å². The van der Waals surface area contributed by atoms with Crippen molar-refractivity contribution in [2.24, 2.45) is 4.99 Å². The van der Waals surface area contributed by atoms with E-state index in [0.717, 1.165) is 16.0 Å². The predicted molar refractivity (Wildman–Crippen MR) is 142 cm³/mol. The third kappa shape index (κ3) is 4.82. The molecule has 0 saturated heterocycles. The number of thiazole rings is 1. The van der Waals surface area contributed by atoms with Crippen molar-refractivity contribution in [3.05, 3.63) is 119 Å². The topological polar surface area (TPSA) is 69.9 Å². The normalized spacial score (nSPS) is 15.4. The first-order valence-electron chi connectivity index (χ1n) is 11.5. The van der Waals surface area contributed by atoms with Crippen molar-refractivity contribution in [2.75, 3.05) is 6.61 Å². The third-order valence-corrected chi connectivity index (χ3v) is 7.58. The highest BCUT2D eigenvalue weighted by atomic mass is 32.1. The van der Waals surface area contributed by atoms with Crippen LogP contribution in [0.1, 0.15) is 35.9 Å². The molecule has 1 aliphatic rings. The zero-order valence-corrected chi connectivity index (χ0v) is 21.5. The van der Waals surface area contributed by atoms with Crippen molar-refractivity contribution in [3.63, 3.8) is 0 Å². The van der Waals surface area contributed by atoms with Gasteiger partial charge >= 0.3 is 5.97 Å². The lowest BCUT2D eigenvalue weighted by molar-refractivity contribution is -0.139. The molecule has 0 fully saturated rings. The Kier molecular flexibility index (Phi) is 6.97. The average Bonchev–Trinajstić information content (AvgIpc) is 3.51. The largest absolute Gasteiger partial charge is 0.489 e. The van der Waals surface area contributed by atoms with Crippen LogP contribution >= 0.6 is 22.7 Å². The summed E-state index contributed by atoms with van der Waals surface area (Å²) >= 11 is 2.88. The number of thiophene rings is 1. The lowest BCUT2D eigenvalue weighted by atomic mass is 9.96. The molecule has 1 atom stereocenters. The first kappa shape index (κ1) is 24.0. The summed E-state index contributed by atoms with van der Waals surface area (Å²) in [6, 6.07) is 20.7. The summed E-state index contributed by atoms with van der Waals surface area (Å²) in [6.45, 7) is 4.23. The fourth-order valence-corrected chi connectivity index (χ4v) is 5.87. The molecule has 1 aliphatic heterocycles. The van der Waals surface area contributed by atoms with Crippen LogP contribution in [-0.2, 0) is 16.1 Å². The van der Waals surface area contributed by atoms with Gasteiger partial charge in [-0.05, 0) is 54.6 Å². The number of benzene rings is 2. The van der Waals surface area contributed by atoms with Crippen molar-refractivity contribution in [2.45, 2.75) is 26.5 Å². The molecule has 0 bridgehead atoms. The van der Waals surface area contributed by atoms with Gasteiger partial charge < -0.3 is 9.47 Å². The van der Waals surface area contributed by atoms with Crippen LogP contribution in [0.25, 0.3) is 6.08 Å². The average molecular weight is 517 g/mol. The standard InChI is InChI=1S/C28H24N2O4S2/c1-3-33-27(32)24-18(2)29-28-30(26(31)23(36-28)16-22-10-7-15-35-22)25(24)20-11-13-21(14-12-20)34-17-19-8-5-4-6-9-19/h4-16,25H,3,17H2,1-2H3/b23-16-. The summed E-state index contributed by atoms with van der Waals surface area (Å²) in [5.74, 6) is 0.229. The molecule has 3 heterocycles. The second kappa shape index (κ2) is 10.5. The number of aromatic nitrogens is 1. The summed E-state index contributed by atoms with van der Waals surface area (Å²) in [5, 5.41) is 1.97. The molecular weight excluding hydrogens is 492 g/mol. The number of rotatable bonds is 7. The van der Waals surface area contributed by atoms with Crippen molar-refractivity contribution < 1.29 is 14.3 Å². The molecule has 182 valence electrons. The number of hydrogen-bond donors (Lipinski definition) is 0. The number of hydrogen-bond acceptors (Lipinski definition) is 7. The van der Waals surface area contributed by atoms with Crippen molar-refractivity contribution in [1.29, 1.82) is 0 Å². The summed E-state index contributed by atoms with van der Waals surface area (Å²) < 4.78 is 13.5. The quantitative estimate of drug-likeness (QED) is 0.341. The van der Waals surface area contributed by atoms with E-state index in [-0.39, 0.29) is 12.2 Å². The lowest BCUT2D eigenvalue weighted by Crippen LogP contribution is -2.39. The van der Waals surface area contributed by atoms with Gasteiger partial charge in [-0.2, -0.15) is 0 Å². The molecule has 5 rings (SSSR count). The van der Waals surface area contributed by atoms with E-state index < -0.39 is 12.0 Å². The third-order valence-electron chi connectivity index (χ3n) is 5.78. The minimum absolute atomic E-state index is 0.184. The second-order valence-corrected chi connectivity index (χ2v) is 10.1. The summed E-state index contributed by atoms with van der Waals surface area (Å²) in [5.41, 5.74) is 2.58. The number of nitrogens with zero attached hydrogens (tertiary/aromatic N) is 2. The smallest absolute Gasteiger partial charge is 0.338 e. The van der Waals surface area contributed by atoms with Gasteiger partial charge in [-0.1, -0.05) is 59.9 Å². The maximum Gasteiger partial charge on any atom is 0.338 e. The van der Waals surface area contributed by atoms with Crippen LogP contribution in [0.15, 0.2) is 93.2 Å². The van der Waals surface area contributed by atoms with Crippen molar-refractivity contribution >= 4 is 34.7 Å². The molecule has 8 heteroatoms. The van der Waals surface area contributed by atoms with E-state index in [1.165, 1.54) is 11.3 Å². The number of fused-ring (bicyclic) bond motifs is 1. The molecular formula is C28H24N2O4S2. The fraction of sp³-hybridized carbons (Fsp3) is 0.179. The maximum absolute atomic E-state index is 13.6.